The number of hydrogen-bond acceptors (Lipinski definition) is 4. The summed E-state index contributed by atoms with van der Waals surface area (Å²) in [5, 5.41) is 3.47. The molecular formula is C21H20N4O. The number of aromatic amines is 1. The largest absolute Gasteiger partial charge is 0.384 e. The van der Waals surface area contributed by atoms with Crippen molar-refractivity contribution in [2.75, 3.05) is 11.1 Å². The van der Waals surface area contributed by atoms with Gasteiger partial charge in [0.2, 0.25) is 0 Å². The lowest BCUT2D eigenvalue weighted by molar-refractivity contribution is 0.0941. The first-order valence-corrected chi connectivity index (χ1v) is 8.88. The van der Waals surface area contributed by atoms with Crippen molar-refractivity contribution in [2.45, 2.75) is 19.8 Å². The monoisotopic (exact) mass is 344 g/mol. The van der Waals surface area contributed by atoms with Crippen LogP contribution in [0.15, 0.2) is 48.7 Å². The van der Waals surface area contributed by atoms with E-state index in [4.69, 9.17) is 5.73 Å². The molecule has 2 unspecified atom stereocenters. The van der Waals surface area contributed by atoms with Crippen molar-refractivity contribution in [1.29, 1.82) is 0 Å². The summed E-state index contributed by atoms with van der Waals surface area (Å²) in [6.45, 7) is 2.20. The molecule has 1 saturated carbocycles. The van der Waals surface area contributed by atoms with Gasteiger partial charge in [0.05, 0.1) is 16.9 Å². The van der Waals surface area contributed by atoms with Crippen LogP contribution in [0.3, 0.4) is 0 Å². The van der Waals surface area contributed by atoms with E-state index in [9.17, 15) is 4.79 Å². The number of ketones is 1. The molecule has 3 aromatic rings. The fraction of sp³-hybridized carbons (Fsp3) is 0.238. The zero-order valence-electron chi connectivity index (χ0n) is 14.5. The molecule has 0 bridgehead atoms. The summed E-state index contributed by atoms with van der Waals surface area (Å²) >= 11 is 0. The van der Waals surface area contributed by atoms with Crippen LogP contribution in [0.2, 0.25) is 0 Å². The number of para-hydroxylation sites is 1. The van der Waals surface area contributed by atoms with E-state index in [0.717, 1.165) is 46.7 Å². The Kier molecular flexibility index (Phi) is 3.04. The molecule has 2 aliphatic rings. The topological polar surface area (TPSA) is 83.8 Å². The number of Topliss-reactive ketones (excluding diaryl/α,β-unsaturated/α-hetero) is 1. The van der Waals surface area contributed by atoms with Crippen molar-refractivity contribution >= 4 is 23.0 Å². The zero-order valence-corrected chi connectivity index (χ0v) is 14.5. The highest BCUT2D eigenvalue weighted by Crippen LogP contribution is 2.60. The molecule has 2 heterocycles. The van der Waals surface area contributed by atoms with Gasteiger partial charge in [0, 0.05) is 29.1 Å². The standard InChI is InChI=1S/C21H20N4O/c1-21-10-14(21)20(26)17-15(11-21)25-18(12-7-8-23-16(22)9-12)19(17)24-13-5-3-2-4-6-13/h2-9,14,24-25H,10-11H2,1H3,(H2,22,23). The average Bonchev–Trinajstić information content (AvgIpc) is 3.19. The minimum atomic E-state index is 0.119. The Bertz CT molecular complexity index is 1020. The molecule has 26 heavy (non-hydrogen) atoms. The Morgan fingerprint density at radius 1 is 1.27 bits per heavy atom. The number of carbonyl (C=O) groups is 1. The number of nitrogen functional groups attached to an aromatic ring is 1. The minimum Gasteiger partial charge on any atom is -0.384 e. The molecule has 4 N–H and O–H groups in total. The number of hydrogen-bond donors (Lipinski definition) is 3. The highest BCUT2D eigenvalue weighted by molar-refractivity contribution is 6.10. The Labute approximate surface area is 151 Å². The predicted molar refractivity (Wildman–Crippen MR) is 102 cm³/mol. The van der Waals surface area contributed by atoms with Crippen LogP contribution in [0.5, 0.6) is 0 Å². The molecule has 1 fully saturated rings. The summed E-state index contributed by atoms with van der Waals surface area (Å²) in [5.41, 5.74) is 11.5. The molecule has 5 nitrogen and oxygen atoms in total. The summed E-state index contributed by atoms with van der Waals surface area (Å²) in [7, 11) is 0. The highest BCUT2D eigenvalue weighted by atomic mass is 16.1. The first kappa shape index (κ1) is 15.2. The minimum absolute atomic E-state index is 0.119. The van der Waals surface area contributed by atoms with E-state index in [1.807, 2.05) is 42.5 Å². The van der Waals surface area contributed by atoms with Gasteiger partial charge in [0.25, 0.3) is 0 Å². The number of aromatic nitrogens is 2. The molecule has 5 heteroatoms. The van der Waals surface area contributed by atoms with E-state index >= 15 is 0 Å². The van der Waals surface area contributed by atoms with Crippen LogP contribution >= 0.6 is 0 Å². The third-order valence-corrected chi connectivity index (χ3v) is 5.69. The maximum absolute atomic E-state index is 13.1. The van der Waals surface area contributed by atoms with Gasteiger partial charge in [0.15, 0.2) is 5.78 Å². The summed E-state index contributed by atoms with van der Waals surface area (Å²) < 4.78 is 0. The normalized spacial score (nSPS) is 23.3. The van der Waals surface area contributed by atoms with E-state index in [1.165, 1.54) is 0 Å². The lowest BCUT2D eigenvalue weighted by Crippen LogP contribution is -2.19. The number of fused-ring (bicyclic) bond motifs is 2. The van der Waals surface area contributed by atoms with Gasteiger partial charge in [-0.1, -0.05) is 25.1 Å². The maximum Gasteiger partial charge on any atom is 0.170 e. The second kappa shape index (κ2) is 5.21. The van der Waals surface area contributed by atoms with Gasteiger partial charge in [-0.05, 0) is 42.5 Å². The zero-order chi connectivity index (χ0) is 17.9. The van der Waals surface area contributed by atoms with Gasteiger partial charge in [-0.3, -0.25) is 4.79 Å². The molecule has 0 spiro atoms. The fourth-order valence-electron chi connectivity index (χ4n) is 4.16. The van der Waals surface area contributed by atoms with Crippen LogP contribution in [0.25, 0.3) is 11.3 Å². The second-order valence-electron chi connectivity index (χ2n) is 7.64. The number of anilines is 3. The number of nitrogens with two attached hydrogens (primary N) is 1. The van der Waals surface area contributed by atoms with Gasteiger partial charge in [-0.2, -0.15) is 0 Å². The van der Waals surface area contributed by atoms with Gasteiger partial charge in [-0.25, -0.2) is 4.98 Å². The lowest BCUT2D eigenvalue weighted by atomic mass is 9.87. The van der Waals surface area contributed by atoms with E-state index in [1.54, 1.807) is 6.20 Å². The summed E-state index contributed by atoms with van der Waals surface area (Å²) in [6.07, 6.45) is 3.58. The predicted octanol–water partition coefficient (Wildman–Crippen LogP) is 4.17. The van der Waals surface area contributed by atoms with Crippen LogP contribution in [-0.2, 0) is 6.42 Å². The summed E-state index contributed by atoms with van der Waals surface area (Å²) in [6, 6.07) is 13.7. The Balaban J connectivity index is 1.68. The second-order valence-corrected chi connectivity index (χ2v) is 7.64. The average molecular weight is 344 g/mol. The van der Waals surface area contributed by atoms with Crippen molar-refractivity contribution in [2.24, 2.45) is 11.3 Å². The van der Waals surface area contributed by atoms with Crippen LogP contribution in [0.1, 0.15) is 29.4 Å². The van der Waals surface area contributed by atoms with Crippen molar-refractivity contribution in [3.8, 4) is 11.3 Å². The van der Waals surface area contributed by atoms with Crippen LogP contribution in [0, 0.1) is 11.3 Å². The molecule has 2 aromatic heterocycles. The van der Waals surface area contributed by atoms with E-state index in [2.05, 4.69) is 22.2 Å². The van der Waals surface area contributed by atoms with E-state index < -0.39 is 0 Å². The van der Waals surface area contributed by atoms with Gasteiger partial charge in [0.1, 0.15) is 5.82 Å². The van der Waals surface area contributed by atoms with Crippen molar-refractivity contribution in [3.63, 3.8) is 0 Å². The van der Waals surface area contributed by atoms with Gasteiger partial charge in [-0.15, -0.1) is 0 Å². The molecule has 1 aromatic carbocycles. The molecule has 0 amide bonds. The Morgan fingerprint density at radius 3 is 2.85 bits per heavy atom. The van der Waals surface area contributed by atoms with Crippen molar-refractivity contribution in [1.82, 2.24) is 9.97 Å². The molecule has 5 rings (SSSR count). The van der Waals surface area contributed by atoms with Crippen molar-refractivity contribution < 1.29 is 4.79 Å². The number of carbonyl (C=O) groups excluding carboxylic acids is 1. The SMILES string of the molecule is CC12Cc3[nH]c(-c4ccnc(N)c4)c(Nc4ccccc4)c3C(=O)C1C2. The van der Waals surface area contributed by atoms with E-state index in [-0.39, 0.29) is 17.1 Å². The quantitative estimate of drug-likeness (QED) is 0.666. The number of rotatable bonds is 3. The number of H-pyrrole nitrogens is 1. The van der Waals surface area contributed by atoms with Crippen LogP contribution < -0.4 is 11.1 Å². The summed E-state index contributed by atoms with van der Waals surface area (Å²) in [5.74, 6) is 0.857. The Hall–Kier alpha value is -3.08. The number of nitrogens with zero attached hydrogens (tertiary/aromatic N) is 1. The molecular weight excluding hydrogens is 324 g/mol. The van der Waals surface area contributed by atoms with Gasteiger partial charge >= 0.3 is 0 Å². The van der Waals surface area contributed by atoms with Crippen molar-refractivity contribution in [3.05, 3.63) is 59.9 Å². The molecule has 2 atom stereocenters. The third-order valence-electron chi connectivity index (χ3n) is 5.69. The highest BCUT2D eigenvalue weighted by Gasteiger charge is 2.58. The molecule has 0 saturated heterocycles. The molecule has 0 aliphatic heterocycles. The number of nitrogens with one attached hydrogen (secondary N) is 2. The molecule has 2 aliphatic carbocycles. The summed E-state index contributed by atoms with van der Waals surface area (Å²) in [4.78, 5) is 20.7. The number of pyridine rings is 1. The number of benzene rings is 1. The Morgan fingerprint density at radius 2 is 2.08 bits per heavy atom. The molecule has 0 radical (unpaired) electrons. The first-order valence-electron chi connectivity index (χ1n) is 8.88. The molecule has 130 valence electrons. The van der Waals surface area contributed by atoms with E-state index in [0.29, 0.717) is 5.82 Å². The lowest BCUT2D eigenvalue weighted by Gasteiger charge is -2.18. The third kappa shape index (κ3) is 2.24. The van der Waals surface area contributed by atoms with Crippen LogP contribution in [0.4, 0.5) is 17.2 Å². The maximum atomic E-state index is 13.1. The fourth-order valence-corrected chi connectivity index (χ4v) is 4.16. The first-order chi connectivity index (χ1) is 12.5. The smallest absolute Gasteiger partial charge is 0.170 e. The van der Waals surface area contributed by atoms with Crippen LogP contribution in [-0.4, -0.2) is 15.8 Å². The van der Waals surface area contributed by atoms with Gasteiger partial charge < -0.3 is 16.0 Å².